The van der Waals surface area contributed by atoms with Crippen molar-refractivity contribution in [1.29, 1.82) is 0 Å². The first-order chi connectivity index (χ1) is 11.5. The van der Waals surface area contributed by atoms with Gasteiger partial charge in [0.25, 0.3) is 11.5 Å². The Morgan fingerprint density at radius 2 is 2.12 bits per heavy atom. The fourth-order valence-electron chi connectivity index (χ4n) is 2.17. The van der Waals surface area contributed by atoms with Crippen molar-refractivity contribution in [2.75, 3.05) is 7.05 Å². The summed E-state index contributed by atoms with van der Waals surface area (Å²) < 4.78 is 5.24. The molecule has 0 aromatic carbocycles. The normalized spacial score (nSPS) is 10.6. The van der Waals surface area contributed by atoms with Gasteiger partial charge in [-0.25, -0.2) is 4.98 Å². The van der Waals surface area contributed by atoms with Crippen molar-refractivity contribution < 1.29 is 9.32 Å². The Bertz CT molecular complexity index is 917. The molecule has 24 heavy (non-hydrogen) atoms. The van der Waals surface area contributed by atoms with E-state index in [2.05, 4.69) is 20.1 Å². The lowest BCUT2D eigenvalue weighted by atomic mass is 10.2. The van der Waals surface area contributed by atoms with Crippen LogP contribution in [0.2, 0.25) is 0 Å². The first-order valence-corrected chi connectivity index (χ1v) is 7.23. The fraction of sp³-hybridized carbons (Fsp3) is 0.188. The minimum atomic E-state index is -0.467. The van der Waals surface area contributed by atoms with Crippen LogP contribution >= 0.6 is 0 Å². The average Bonchev–Trinajstić information content (AvgIpc) is 3.03. The zero-order valence-corrected chi connectivity index (χ0v) is 13.2. The quantitative estimate of drug-likeness (QED) is 0.777. The van der Waals surface area contributed by atoms with Gasteiger partial charge in [0, 0.05) is 25.5 Å². The van der Waals surface area contributed by atoms with Gasteiger partial charge in [0.2, 0.25) is 0 Å². The molecule has 8 heteroatoms. The van der Waals surface area contributed by atoms with Crippen LogP contribution in [0.3, 0.4) is 0 Å². The molecular weight excluding hydrogens is 310 g/mol. The number of carbonyl (C=O) groups excluding carboxylic acids is 1. The van der Waals surface area contributed by atoms with Crippen molar-refractivity contribution >= 4 is 5.91 Å². The van der Waals surface area contributed by atoms with Crippen LogP contribution in [-0.2, 0) is 6.54 Å². The summed E-state index contributed by atoms with van der Waals surface area (Å²) >= 11 is 0. The molecule has 0 saturated carbocycles. The van der Waals surface area contributed by atoms with Gasteiger partial charge in [-0.3, -0.25) is 14.6 Å². The number of nitrogens with one attached hydrogen (secondary N) is 1. The van der Waals surface area contributed by atoms with Gasteiger partial charge in [0.15, 0.2) is 5.76 Å². The van der Waals surface area contributed by atoms with E-state index < -0.39 is 11.5 Å². The van der Waals surface area contributed by atoms with Crippen molar-refractivity contribution in [3.63, 3.8) is 0 Å². The number of aryl methyl sites for hydroxylation is 1. The Morgan fingerprint density at radius 1 is 1.29 bits per heavy atom. The summed E-state index contributed by atoms with van der Waals surface area (Å²) in [6, 6.07) is 7.19. The first-order valence-electron chi connectivity index (χ1n) is 7.23. The summed E-state index contributed by atoms with van der Waals surface area (Å²) in [5.74, 6) is 0.497. The van der Waals surface area contributed by atoms with E-state index in [0.717, 1.165) is 0 Å². The molecule has 0 fully saturated rings. The molecule has 3 aromatic rings. The summed E-state index contributed by atoms with van der Waals surface area (Å²) in [5.41, 5.74) is 0.778. The first kappa shape index (κ1) is 15.6. The van der Waals surface area contributed by atoms with E-state index in [9.17, 15) is 9.59 Å². The molecule has 0 aliphatic heterocycles. The maximum atomic E-state index is 12.3. The van der Waals surface area contributed by atoms with Gasteiger partial charge in [-0.05, 0) is 19.1 Å². The highest BCUT2D eigenvalue weighted by Crippen LogP contribution is 2.17. The Labute approximate surface area is 137 Å². The van der Waals surface area contributed by atoms with Crippen LogP contribution in [0.1, 0.15) is 21.9 Å². The standard InChI is InChI=1S/C16H15N5O3/c1-10-18-8-12(15(22)19-10)16(23)21(2)9-11-7-14(20-24-11)13-5-3-4-6-17-13/h3-8H,9H2,1-2H3,(H,18,19,22). The summed E-state index contributed by atoms with van der Waals surface area (Å²) in [7, 11) is 1.57. The van der Waals surface area contributed by atoms with Gasteiger partial charge in [-0.1, -0.05) is 11.2 Å². The van der Waals surface area contributed by atoms with Crippen molar-refractivity contribution in [3.05, 3.63) is 64.2 Å². The smallest absolute Gasteiger partial charge is 0.263 e. The summed E-state index contributed by atoms with van der Waals surface area (Å²) in [5, 5.41) is 3.95. The average molecular weight is 325 g/mol. The molecule has 1 N–H and O–H groups in total. The maximum absolute atomic E-state index is 12.3. The molecule has 0 radical (unpaired) electrons. The molecule has 0 saturated heterocycles. The van der Waals surface area contributed by atoms with Gasteiger partial charge >= 0.3 is 0 Å². The highest BCUT2D eigenvalue weighted by atomic mass is 16.5. The third kappa shape index (κ3) is 3.22. The molecule has 3 heterocycles. The van der Waals surface area contributed by atoms with E-state index in [-0.39, 0.29) is 12.1 Å². The highest BCUT2D eigenvalue weighted by molar-refractivity contribution is 5.93. The lowest BCUT2D eigenvalue weighted by Gasteiger charge is -2.14. The number of pyridine rings is 1. The number of carbonyl (C=O) groups is 1. The number of aromatic amines is 1. The minimum absolute atomic E-state index is 0.0208. The van der Waals surface area contributed by atoms with Crippen LogP contribution in [-0.4, -0.2) is 38.0 Å². The van der Waals surface area contributed by atoms with Crippen LogP contribution in [0.15, 0.2) is 46.0 Å². The molecule has 122 valence electrons. The predicted molar refractivity (Wildman–Crippen MR) is 85.1 cm³/mol. The van der Waals surface area contributed by atoms with Gasteiger partial charge in [-0.15, -0.1) is 0 Å². The summed E-state index contributed by atoms with van der Waals surface area (Å²) in [6.45, 7) is 1.82. The maximum Gasteiger partial charge on any atom is 0.263 e. The minimum Gasteiger partial charge on any atom is -0.359 e. The zero-order chi connectivity index (χ0) is 17.1. The van der Waals surface area contributed by atoms with Crippen LogP contribution in [0.5, 0.6) is 0 Å². The van der Waals surface area contributed by atoms with Gasteiger partial charge in [0.05, 0.1) is 12.2 Å². The number of amides is 1. The molecule has 0 unspecified atom stereocenters. The Balaban J connectivity index is 1.75. The molecule has 0 aliphatic carbocycles. The largest absolute Gasteiger partial charge is 0.359 e. The molecule has 0 bridgehead atoms. The lowest BCUT2D eigenvalue weighted by molar-refractivity contribution is 0.0770. The second kappa shape index (κ2) is 6.45. The Kier molecular flexibility index (Phi) is 4.19. The number of H-pyrrole nitrogens is 1. The molecule has 8 nitrogen and oxygen atoms in total. The van der Waals surface area contributed by atoms with E-state index in [1.54, 1.807) is 26.2 Å². The molecule has 0 atom stereocenters. The Morgan fingerprint density at radius 3 is 2.83 bits per heavy atom. The third-order valence-electron chi connectivity index (χ3n) is 3.38. The second-order valence-corrected chi connectivity index (χ2v) is 5.27. The fourth-order valence-corrected chi connectivity index (χ4v) is 2.17. The van der Waals surface area contributed by atoms with Crippen LogP contribution < -0.4 is 5.56 Å². The molecule has 0 aliphatic rings. The van der Waals surface area contributed by atoms with E-state index in [1.165, 1.54) is 11.1 Å². The number of hydrogen-bond acceptors (Lipinski definition) is 6. The van der Waals surface area contributed by atoms with Crippen molar-refractivity contribution in [2.45, 2.75) is 13.5 Å². The van der Waals surface area contributed by atoms with Crippen molar-refractivity contribution in [1.82, 2.24) is 25.0 Å². The van der Waals surface area contributed by atoms with Crippen LogP contribution in [0.4, 0.5) is 0 Å². The third-order valence-corrected chi connectivity index (χ3v) is 3.38. The molecular formula is C16H15N5O3. The lowest BCUT2D eigenvalue weighted by Crippen LogP contribution is -2.31. The van der Waals surface area contributed by atoms with Crippen LogP contribution in [0.25, 0.3) is 11.4 Å². The van der Waals surface area contributed by atoms with Crippen molar-refractivity contribution in [3.8, 4) is 11.4 Å². The molecule has 1 amide bonds. The molecule has 0 spiro atoms. The van der Waals surface area contributed by atoms with Gasteiger partial charge in [0.1, 0.15) is 17.1 Å². The highest BCUT2D eigenvalue weighted by Gasteiger charge is 2.18. The zero-order valence-electron chi connectivity index (χ0n) is 13.2. The number of hydrogen-bond donors (Lipinski definition) is 1. The molecule has 3 rings (SSSR count). The second-order valence-electron chi connectivity index (χ2n) is 5.27. The number of nitrogens with zero attached hydrogens (tertiary/aromatic N) is 4. The van der Waals surface area contributed by atoms with E-state index >= 15 is 0 Å². The monoisotopic (exact) mass is 325 g/mol. The summed E-state index contributed by atoms with van der Waals surface area (Å²) in [6.07, 6.45) is 2.93. The van der Waals surface area contributed by atoms with E-state index in [4.69, 9.17) is 4.52 Å². The molecule has 3 aromatic heterocycles. The SMILES string of the molecule is Cc1ncc(C(=O)N(C)Cc2cc(-c3ccccn3)no2)c(=O)[nH]1. The van der Waals surface area contributed by atoms with E-state index in [1.807, 2.05) is 18.2 Å². The van der Waals surface area contributed by atoms with Gasteiger partial charge in [-0.2, -0.15) is 0 Å². The summed E-state index contributed by atoms with van der Waals surface area (Å²) in [4.78, 5) is 36.2. The Hall–Kier alpha value is -3.29. The topological polar surface area (TPSA) is 105 Å². The number of aromatic nitrogens is 4. The van der Waals surface area contributed by atoms with E-state index in [0.29, 0.717) is 23.0 Å². The van der Waals surface area contributed by atoms with Gasteiger partial charge < -0.3 is 14.4 Å². The number of rotatable bonds is 4. The van der Waals surface area contributed by atoms with Crippen molar-refractivity contribution in [2.24, 2.45) is 0 Å². The predicted octanol–water partition coefficient (Wildman–Crippen LogP) is 1.40. The van der Waals surface area contributed by atoms with Crippen LogP contribution in [0, 0.1) is 6.92 Å².